The monoisotopic (exact) mass is 342 g/mol. The van der Waals surface area contributed by atoms with Gasteiger partial charge < -0.3 is 9.80 Å². The Labute approximate surface area is 138 Å². The van der Waals surface area contributed by atoms with Gasteiger partial charge in [-0.2, -0.15) is 0 Å². The molecule has 110 valence electrons. The van der Waals surface area contributed by atoms with Gasteiger partial charge in [-0.25, -0.2) is 0 Å². The Morgan fingerprint density at radius 3 is 2.10 bits per heavy atom. The van der Waals surface area contributed by atoms with E-state index in [2.05, 4.69) is 20.0 Å². The maximum absolute atomic E-state index is 6.07. The molecule has 1 aromatic heterocycles. The van der Waals surface area contributed by atoms with Gasteiger partial charge in [-0.3, -0.25) is 0 Å². The molecule has 0 spiro atoms. The Balaban J connectivity index is 1.67. The van der Waals surface area contributed by atoms with Gasteiger partial charge in [0.2, 0.25) is 0 Å². The predicted molar refractivity (Wildman–Crippen MR) is 87.9 cm³/mol. The normalized spacial score (nSPS) is 15.4. The molecule has 4 nitrogen and oxygen atoms in total. The molecule has 1 aliphatic rings. The average Bonchev–Trinajstić information content (AvgIpc) is 2.51. The lowest BCUT2D eigenvalue weighted by Gasteiger charge is -2.36. The van der Waals surface area contributed by atoms with Crippen molar-refractivity contribution < 1.29 is 0 Å². The summed E-state index contributed by atoms with van der Waals surface area (Å²) < 4.78 is 0. The van der Waals surface area contributed by atoms with E-state index in [1.54, 1.807) is 6.07 Å². The molecule has 0 saturated carbocycles. The summed E-state index contributed by atoms with van der Waals surface area (Å²) in [6.07, 6.45) is 0. The Kier molecular flexibility index (Phi) is 4.38. The molecule has 0 N–H and O–H groups in total. The second kappa shape index (κ2) is 6.26. The van der Waals surface area contributed by atoms with Gasteiger partial charge in [0.15, 0.2) is 11.0 Å². The molecule has 1 fully saturated rings. The van der Waals surface area contributed by atoms with E-state index in [-0.39, 0.29) is 0 Å². The Morgan fingerprint density at radius 2 is 1.48 bits per heavy atom. The van der Waals surface area contributed by atoms with E-state index in [9.17, 15) is 0 Å². The van der Waals surface area contributed by atoms with Crippen molar-refractivity contribution >= 4 is 46.3 Å². The minimum atomic E-state index is 0.410. The molecule has 1 aromatic carbocycles. The first-order valence-corrected chi connectivity index (χ1v) is 7.71. The third-order valence-corrected chi connectivity index (χ3v) is 4.43. The maximum Gasteiger partial charge on any atom is 0.151 e. The quantitative estimate of drug-likeness (QED) is 0.831. The van der Waals surface area contributed by atoms with Gasteiger partial charge in [-0.15, -0.1) is 10.2 Å². The minimum absolute atomic E-state index is 0.410. The van der Waals surface area contributed by atoms with E-state index in [0.29, 0.717) is 15.2 Å². The third kappa shape index (κ3) is 3.34. The highest BCUT2D eigenvalue weighted by Crippen LogP contribution is 2.28. The summed E-state index contributed by atoms with van der Waals surface area (Å²) in [5.74, 6) is 0.855. The summed E-state index contributed by atoms with van der Waals surface area (Å²) in [7, 11) is 0. The summed E-state index contributed by atoms with van der Waals surface area (Å²) in [6, 6.07) is 9.38. The molecule has 0 bridgehead atoms. The van der Waals surface area contributed by atoms with Crippen LogP contribution in [0.15, 0.2) is 30.3 Å². The van der Waals surface area contributed by atoms with Gasteiger partial charge in [-0.05, 0) is 30.3 Å². The number of rotatable bonds is 2. The van der Waals surface area contributed by atoms with Gasteiger partial charge in [0, 0.05) is 31.9 Å². The van der Waals surface area contributed by atoms with Crippen LogP contribution in [-0.2, 0) is 0 Å². The molecule has 2 heterocycles. The van der Waals surface area contributed by atoms with Crippen LogP contribution in [0.25, 0.3) is 0 Å². The fourth-order valence-electron chi connectivity index (χ4n) is 2.35. The average molecular weight is 344 g/mol. The number of benzene rings is 1. The number of hydrogen-bond acceptors (Lipinski definition) is 4. The number of halogens is 3. The molecule has 1 saturated heterocycles. The topological polar surface area (TPSA) is 32.3 Å². The van der Waals surface area contributed by atoms with Crippen LogP contribution in [0, 0.1) is 0 Å². The summed E-state index contributed by atoms with van der Waals surface area (Å²) in [5.41, 5.74) is 1.09. The van der Waals surface area contributed by atoms with Crippen molar-refractivity contribution in [2.24, 2.45) is 0 Å². The largest absolute Gasteiger partial charge is 0.368 e. The SMILES string of the molecule is Clc1ccc(N2CCN(c3ccc(Cl)c(Cl)c3)CC2)nn1. The molecular formula is C14H13Cl3N4. The fourth-order valence-corrected chi connectivity index (χ4v) is 2.75. The second-order valence-electron chi connectivity index (χ2n) is 4.79. The van der Waals surface area contributed by atoms with E-state index in [1.165, 1.54) is 0 Å². The molecule has 0 aliphatic carbocycles. The highest BCUT2D eigenvalue weighted by atomic mass is 35.5. The lowest BCUT2D eigenvalue weighted by atomic mass is 10.2. The van der Waals surface area contributed by atoms with Gasteiger partial charge in [0.1, 0.15) is 0 Å². The first-order valence-electron chi connectivity index (χ1n) is 6.58. The molecule has 3 rings (SSSR count). The van der Waals surface area contributed by atoms with Crippen LogP contribution in [0.4, 0.5) is 11.5 Å². The number of aromatic nitrogens is 2. The van der Waals surface area contributed by atoms with Crippen LogP contribution in [0.2, 0.25) is 15.2 Å². The summed E-state index contributed by atoms with van der Waals surface area (Å²) >= 11 is 17.8. The van der Waals surface area contributed by atoms with E-state index < -0.39 is 0 Å². The number of anilines is 2. The summed E-state index contributed by atoms with van der Waals surface area (Å²) in [6.45, 7) is 3.53. The van der Waals surface area contributed by atoms with Crippen molar-refractivity contribution in [2.75, 3.05) is 36.0 Å². The highest BCUT2D eigenvalue weighted by molar-refractivity contribution is 6.42. The second-order valence-corrected chi connectivity index (χ2v) is 5.99. The lowest BCUT2D eigenvalue weighted by molar-refractivity contribution is 0.643. The van der Waals surface area contributed by atoms with E-state index in [1.807, 2.05) is 24.3 Å². The molecular weight excluding hydrogens is 331 g/mol. The van der Waals surface area contributed by atoms with Crippen molar-refractivity contribution in [1.82, 2.24) is 10.2 Å². The summed E-state index contributed by atoms with van der Waals surface area (Å²) in [5, 5.41) is 9.57. The van der Waals surface area contributed by atoms with Crippen molar-refractivity contribution in [1.29, 1.82) is 0 Å². The first kappa shape index (κ1) is 14.7. The fraction of sp³-hybridized carbons (Fsp3) is 0.286. The summed E-state index contributed by atoms with van der Waals surface area (Å²) in [4.78, 5) is 4.47. The number of hydrogen-bond donors (Lipinski definition) is 0. The first-order chi connectivity index (χ1) is 10.1. The highest BCUT2D eigenvalue weighted by Gasteiger charge is 2.19. The lowest BCUT2D eigenvalue weighted by Crippen LogP contribution is -2.46. The zero-order valence-electron chi connectivity index (χ0n) is 11.1. The van der Waals surface area contributed by atoms with Crippen LogP contribution < -0.4 is 9.80 Å². The predicted octanol–water partition coefficient (Wildman–Crippen LogP) is 3.76. The van der Waals surface area contributed by atoms with Crippen molar-refractivity contribution in [2.45, 2.75) is 0 Å². The molecule has 0 radical (unpaired) electrons. The maximum atomic E-state index is 6.07. The molecule has 0 atom stereocenters. The Morgan fingerprint density at radius 1 is 0.762 bits per heavy atom. The zero-order chi connectivity index (χ0) is 14.8. The van der Waals surface area contributed by atoms with Crippen molar-refractivity contribution in [3.8, 4) is 0 Å². The zero-order valence-corrected chi connectivity index (χ0v) is 13.4. The van der Waals surface area contributed by atoms with Crippen LogP contribution in [-0.4, -0.2) is 36.4 Å². The van der Waals surface area contributed by atoms with Gasteiger partial charge >= 0.3 is 0 Å². The standard InChI is InChI=1S/C14H13Cl3N4/c15-11-2-1-10(9-12(11)16)20-5-7-21(8-6-20)14-4-3-13(17)18-19-14/h1-4,9H,5-8H2. The molecule has 0 amide bonds. The Bertz CT molecular complexity index is 625. The van der Waals surface area contributed by atoms with Crippen LogP contribution in [0.3, 0.4) is 0 Å². The van der Waals surface area contributed by atoms with Crippen LogP contribution >= 0.6 is 34.8 Å². The third-order valence-electron chi connectivity index (χ3n) is 3.49. The van der Waals surface area contributed by atoms with E-state index in [0.717, 1.165) is 37.7 Å². The minimum Gasteiger partial charge on any atom is -0.368 e. The van der Waals surface area contributed by atoms with Gasteiger partial charge in [0.05, 0.1) is 10.0 Å². The molecule has 21 heavy (non-hydrogen) atoms. The molecule has 2 aromatic rings. The van der Waals surface area contributed by atoms with Crippen molar-refractivity contribution in [3.63, 3.8) is 0 Å². The van der Waals surface area contributed by atoms with E-state index in [4.69, 9.17) is 34.8 Å². The number of nitrogens with zero attached hydrogens (tertiary/aromatic N) is 4. The molecule has 7 heteroatoms. The molecule has 1 aliphatic heterocycles. The smallest absolute Gasteiger partial charge is 0.151 e. The molecule has 0 unspecified atom stereocenters. The van der Waals surface area contributed by atoms with Gasteiger partial charge in [-0.1, -0.05) is 34.8 Å². The van der Waals surface area contributed by atoms with E-state index >= 15 is 0 Å². The van der Waals surface area contributed by atoms with Crippen molar-refractivity contribution in [3.05, 3.63) is 45.5 Å². The number of piperazine rings is 1. The Hall–Kier alpha value is -1.23. The van der Waals surface area contributed by atoms with Crippen LogP contribution in [0.1, 0.15) is 0 Å². The van der Waals surface area contributed by atoms with Gasteiger partial charge in [0.25, 0.3) is 0 Å². The van der Waals surface area contributed by atoms with Crippen LogP contribution in [0.5, 0.6) is 0 Å².